The van der Waals surface area contributed by atoms with Gasteiger partial charge < -0.3 is 10.1 Å². The summed E-state index contributed by atoms with van der Waals surface area (Å²) < 4.78 is 4.99. The van der Waals surface area contributed by atoms with Crippen LogP contribution in [0.25, 0.3) is 0 Å². The first-order valence-electron chi connectivity index (χ1n) is 4.55. The molecule has 0 radical (unpaired) electrons. The standard InChI is InChI=1S/C9H19NO/c1-8(5-6-11-2)10-7-9-3-4-9/h8-10H,3-7H2,1-2H3. The van der Waals surface area contributed by atoms with Crippen LogP contribution in [-0.4, -0.2) is 26.3 Å². The summed E-state index contributed by atoms with van der Waals surface area (Å²) in [4.78, 5) is 0. The van der Waals surface area contributed by atoms with E-state index in [1.54, 1.807) is 7.11 Å². The summed E-state index contributed by atoms with van der Waals surface area (Å²) in [7, 11) is 1.76. The molecular weight excluding hydrogens is 138 g/mol. The van der Waals surface area contributed by atoms with E-state index in [1.165, 1.54) is 19.4 Å². The second kappa shape index (κ2) is 4.73. The lowest BCUT2D eigenvalue weighted by Crippen LogP contribution is -2.28. The summed E-state index contributed by atoms with van der Waals surface area (Å²) >= 11 is 0. The molecule has 11 heavy (non-hydrogen) atoms. The highest BCUT2D eigenvalue weighted by atomic mass is 16.5. The quantitative estimate of drug-likeness (QED) is 0.629. The second-order valence-corrected chi connectivity index (χ2v) is 3.53. The van der Waals surface area contributed by atoms with Crippen molar-refractivity contribution < 1.29 is 4.74 Å². The van der Waals surface area contributed by atoms with Gasteiger partial charge in [0.15, 0.2) is 0 Å². The first-order chi connectivity index (χ1) is 5.33. The Morgan fingerprint density at radius 2 is 2.27 bits per heavy atom. The third-order valence-corrected chi connectivity index (χ3v) is 2.21. The first kappa shape index (κ1) is 9.01. The van der Waals surface area contributed by atoms with Gasteiger partial charge in [0.05, 0.1) is 0 Å². The number of hydrogen-bond donors (Lipinski definition) is 1. The molecule has 0 saturated heterocycles. The molecule has 1 fully saturated rings. The number of hydrogen-bond acceptors (Lipinski definition) is 2. The summed E-state index contributed by atoms with van der Waals surface area (Å²) in [5.74, 6) is 0.986. The van der Waals surface area contributed by atoms with Crippen LogP contribution in [0.15, 0.2) is 0 Å². The predicted molar refractivity (Wildman–Crippen MR) is 46.7 cm³/mol. The van der Waals surface area contributed by atoms with Crippen LogP contribution >= 0.6 is 0 Å². The molecular formula is C9H19NO. The third kappa shape index (κ3) is 4.38. The molecule has 1 N–H and O–H groups in total. The lowest BCUT2D eigenvalue weighted by Gasteiger charge is -2.12. The maximum atomic E-state index is 4.99. The molecule has 2 heteroatoms. The van der Waals surface area contributed by atoms with E-state index in [9.17, 15) is 0 Å². The first-order valence-corrected chi connectivity index (χ1v) is 4.55. The zero-order chi connectivity index (χ0) is 8.10. The van der Waals surface area contributed by atoms with Crippen LogP contribution in [0.5, 0.6) is 0 Å². The van der Waals surface area contributed by atoms with Gasteiger partial charge in [-0.05, 0) is 38.6 Å². The minimum absolute atomic E-state index is 0.621. The minimum Gasteiger partial charge on any atom is -0.385 e. The Hall–Kier alpha value is -0.0800. The highest BCUT2D eigenvalue weighted by Crippen LogP contribution is 2.27. The molecule has 1 rings (SSSR count). The van der Waals surface area contributed by atoms with E-state index in [0.29, 0.717) is 6.04 Å². The largest absolute Gasteiger partial charge is 0.385 e. The van der Waals surface area contributed by atoms with E-state index >= 15 is 0 Å². The SMILES string of the molecule is COCCC(C)NCC1CC1. The van der Waals surface area contributed by atoms with Gasteiger partial charge >= 0.3 is 0 Å². The average Bonchev–Trinajstić information content (AvgIpc) is 2.80. The van der Waals surface area contributed by atoms with Crippen LogP contribution < -0.4 is 5.32 Å². The van der Waals surface area contributed by atoms with E-state index < -0.39 is 0 Å². The summed E-state index contributed by atoms with van der Waals surface area (Å²) in [6, 6.07) is 0.621. The van der Waals surface area contributed by atoms with Crippen LogP contribution in [0.3, 0.4) is 0 Å². The van der Waals surface area contributed by atoms with Crippen LogP contribution in [0.1, 0.15) is 26.2 Å². The van der Waals surface area contributed by atoms with Crippen molar-refractivity contribution in [2.24, 2.45) is 5.92 Å². The summed E-state index contributed by atoms with van der Waals surface area (Å²) in [6.07, 6.45) is 4.00. The fraction of sp³-hybridized carbons (Fsp3) is 1.00. The molecule has 0 aromatic carbocycles. The molecule has 0 aliphatic heterocycles. The molecule has 1 atom stereocenters. The molecule has 2 nitrogen and oxygen atoms in total. The van der Waals surface area contributed by atoms with E-state index in [4.69, 9.17) is 4.74 Å². The fourth-order valence-electron chi connectivity index (χ4n) is 1.09. The molecule has 1 aliphatic rings. The van der Waals surface area contributed by atoms with E-state index in [1.807, 2.05) is 0 Å². The van der Waals surface area contributed by atoms with Crippen molar-refractivity contribution in [3.63, 3.8) is 0 Å². The van der Waals surface area contributed by atoms with Crippen LogP contribution in [0.4, 0.5) is 0 Å². The molecule has 1 aliphatic carbocycles. The van der Waals surface area contributed by atoms with E-state index in [-0.39, 0.29) is 0 Å². The Morgan fingerprint density at radius 1 is 1.55 bits per heavy atom. The lowest BCUT2D eigenvalue weighted by molar-refractivity contribution is 0.184. The number of ether oxygens (including phenoxy) is 1. The monoisotopic (exact) mass is 157 g/mol. The smallest absolute Gasteiger partial charge is 0.0476 e. The third-order valence-electron chi connectivity index (χ3n) is 2.21. The molecule has 0 spiro atoms. The number of rotatable bonds is 6. The van der Waals surface area contributed by atoms with Gasteiger partial charge in [-0.25, -0.2) is 0 Å². The Balaban J connectivity index is 1.87. The van der Waals surface area contributed by atoms with Gasteiger partial charge in [0, 0.05) is 19.8 Å². The van der Waals surface area contributed by atoms with Gasteiger partial charge in [-0.15, -0.1) is 0 Å². The highest BCUT2D eigenvalue weighted by Gasteiger charge is 2.20. The van der Waals surface area contributed by atoms with Crippen molar-refractivity contribution in [3.05, 3.63) is 0 Å². The van der Waals surface area contributed by atoms with E-state index in [0.717, 1.165) is 18.9 Å². The molecule has 0 heterocycles. The Kier molecular flexibility index (Phi) is 3.87. The Bertz CT molecular complexity index is 102. The normalized spacial score (nSPS) is 20.2. The van der Waals surface area contributed by atoms with Gasteiger partial charge in [0.25, 0.3) is 0 Å². The van der Waals surface area contributed by atoms with E-state index in [2.05, 4.69) is 12.2 Å². The lowest BCUT2D eigenvalue weighted by atomic mass is 10.2. The second-order valence-electron chi connectivity index (χ2n) is 3.53. The van der Waals surface area contributed by atoms with Gasteiger partial charge in [-0.3, -0.25) is 0 Å². The zero-order valence-corrected chi connectivity index (χ0v) is 7.60. The summed E-state index contributed by atoms with van der Waals surface area (Å²) in [6.45, 7) is 4.31. The summed E-state index contributed by atoms with van der Waals surface area (Å²) in [5.41, 5.74) is 0. The Morgan fingerprint density at radius 3 is 2.82 bits per heavy atom. The van der Waals surface area contributed by atoms with Crippen molar-refractivity contribution in [2.45, 2.75) is 32.2 Å². The maximum Gasteiger partial charge on any atom is 0.0476 e. The number of methoxy groups -OCH3 is 1. The topological polar surface area (TPSA) is 21.3 Å². The molecule has 0 aromatic heterocycles. The van der Waals surface area contributed by atoms with Crippen molar-refractivity contribution >= 4 is 0 Å². The van der Waals surface area contributed by atoms with Gasteiger partial charge in [0.2, 0.25) is 0 Å². The molecule has 1 unspecified atom stereocenters. The molecule has 66 valence electrons. The molecule has 0 aromatic rings. The van der Waals surface area contributed by atoms with Gasteiger partial charge in [0.1, 0.15) is 0 Å². The van der Waals surface area contributed by atoms with Crippen molar-refractivity contribution in [3.8, 4) is 0 Å². The van der Waals surface area contributed by atoms with Crippen molar-refractivity contribution in [1.82, 2.24) is 5.32 Å². The zero-order valence-electron chi connectivity index (χ0n) is 7.60. The number of nitrogens with one attached hydrogen (secondary N) is 1. The minimum atomic E-state index is 0.621. The van der Waals surface area contributed by atoms with Gasteiger partial charge in [-0.1, -0.05) is 0 Å². The average molecular weight is 157 g/mol. The summed E-state index contributed by atoms with van der Waals surface area (Å²) in [5, 5.41) is 3.50. The fourth-order valence-corrected chi connectivity index (χ4v) is 1.09. The Labute approximate surface area is 69.3 Å². The maximum absolute atomic E-state index is 4.99. The molecule has 0 amide bonds. The molecule has 0 bridgehead atoms. The van der Waals surface area contributed by atoms with Crippen LogP contribution in [0.2, 0.25) is 0 Å². The highest BCUT2D eigenvalue weighted by molar-refractivity contribution is 4.76. The predicted octanol–water partition coefficient (Wildman–Crippen LogP) is 1.41. The van der Waals surface area contributed by atoms with Crippen molar-refractivity contribution in [1.29, 1.82) is 0 Å². The van der Waals surface area contributed by atoms with Crippen LogP contribution in [0, 0.1) is 5.92 Å². The van der Waals surface area contributed by atoms with Crippen LogP contribution in [-0.2, 0) is 4.74 Å². The van der Waals surface area contributed by atoms with Gasteiger partial charge in [-0.2, -0.15) is 0 Å². The molecule has 1 saturated carbocycles. The van der Waals surface area contributed by atoms with Crippen molar-refractivity contribution in [2.75, 3.05) is 20.3 Å².